The summed E-state index contributed by atoms with van der Waals surface area (Å²) in [5.41, 5.74) is 0.734. The van der Waals surface area contributed by atoms with Crippen molar-refractivity contribution >= 4 is 17.8 Å². The van der Waals surface area contributed by atoms with Crippen LogP contribution in [-0.2, 0) is 4.79 Å². The smallest absolute Gasteiger partial charge is 0.307 e. The van der Waals surface area contributed by atoms with Crippen molar-refractivity contribution in [2.75, 3.05) is 0 Å². The first kappa shape index (κ1) is 7.79. The fourth-order valence-electron chi connectivity index (χ4n) is 1.31. The molecule has 13 heavy (non-hydrogen) atoms. The van der Waals surface area contributed by atoms with E-state index in [1.165, 1.54) is 12.3 Å². The number of Topliss-reactive ketones (excluding diaryl/α,β-unsaturated/α-hetero) is 1. The lowest BCUT2D eigenvalue weighted by atomic mass is 10.1. The molecule has 0 aromatic carbocycles. The van der Waals surface area contributed by atoms with Crippen LogP contribution in [-0.4, -0.2) is 16.9 Å². The van der Waals surface area contributed by atoms with Crippen LogP contribution in [0.1, 0.15) is 22.5 Å². The molecule has 0 bridgehead atoms. The van der Waals surface area contributed by atoms with Crippen LogP contribution in [0.25, 0.3) is 6.08 Å². The number of hydrogen-bond donors (Lipinski definition) is 1. The SMILES string of the molecule is O=C(O)CC1=Cc2occc2C1=O. The number of carboxylic acid groups (broad SMARTS) is 1. The summed E-state index contributed by atoms with van der Waals surface area (Å²) in [6.45, 7) is 0. The fourth-order valence-corrected chi connectivity index (χ4v) is 1.31. The van der Waals surface area contributed by atoms with Crippen LogP contribution >= 0.6 is 0 Å². The van der Waals surface area contributed by atoms with Gasteiger partial charge >= 0.3 is 5.97 Å². The Labute approximate surface area is 73.5 Å². The van der Waals surface area contributed by atoms with Crippen molar-refractivity contribution < 1.29 is 19.1 Å². The second kappa shape index (κ2) is 2.58. The normalized spacial score (nSPS) is 14.2. The van der Waals surface area contributed by atoms with Crippen LogP contribution in [0.3, 0.4) is 0 Å². The van der Waals surface area contributed by atoms with E-state index < -0.39 is 5.97 Å². The summed E-state index contributed by atoms with van der Waals surface area (Å²) in [4.78, 5) is 21.8. The Morgan fingerprint density at radius 1 is 1.54 bits per heavy atom. The zero-order valence-electron chi connectivity index (χ0n) is 6.61. The largest absolute Gasteiger partial charge is 0.481 e. The number of carbonyl (C=O) groups is 2. The van der Waals surface area contributed by atoms with Gasteiger partial charge in [0.15, 0.2) is 5.78 Å². The van der Waals surface area contributed by atoms with Crippen molar-refractivity contribution in [2.24, 2.45) is 0 Å². The average molecular weight is 178 g/mol. The van der Waals surface area contributed by atoms with Gasteiger partial charge in [-0.3, -0.25) is 9.59 Å². The minimum absolute atomic E-state index is 0.244. The lowest BCUT2D eigenvalue weighted by molar-refractivity contribution is -0.136. The number of aliphatic carboxylic acids is 1. The van der Waals surface area contributed by atoms with Crippen molar-refractivity contribution in [2.45, 2.75) is 6.42 Å². The molecule has 0 fully saturated rings. The summed E-state index contributed by atoms with van der Waals surface area (Å²) in [7, 11) is 0. The average Bonchev–Trinajstić information content (AvgIpc) is 2.56. The maximum atomic E-state index is 11.4. The van der Waals surface area contributed by atoms with Crippen LogP contribution in [0.2, 0.25) is 0 Å². The molecule has 0 radical (unpaired) electrons. The van der Waals surface area contributed by atoms with E-state index in [0.717, 1.165) is 0 Å². The highest BCUT2D eigenvalue weighted by atomic mass is 16.4. The molecule has 66 valence electrons. The molecule has 0 atom stereocenters. The van der Waals surface area contributed by atoms with E-state index >= 15 is 0 Å². The molecular formula is C9H6O4. The zero-order valence-corrected chi connectivity index (χ0v) is 6.61. The Morgan fingerprint density at radius 3 is 2.92 bits per heavy atom. The molecule has 2 rings (SSSR count). The first-order valence-electron chi connectivity index (χ1n) is 3.73. The highest BCUT2D eigenvalue weighted by Crippen LogP contribution is 2.27. The molecule has 0 amide bonds. The van der Waals surface area contributed by atoms with E-state index in [1.807, 2.05) is 0 Å². The number of carboxylic acids is 1. The van der Waals surface area contributed by atoms with Gasteiger partial charge in [-0.2, -0.15) is 0 Å². The predicted molar refractivity (Wildman–Crippen MR) is 43.3 cm³/mol. The number of fused-ring (bicyclic) bond motifs is 1. The molecule has 0 spiro atoms. The third kappa shape index (κ3) is 1.16. The van der Waals surface area contributed by atoms with Gasteiger partial charge in [-0.05, 0) is 12.1 Å². The van der Waals surface area contributed by atoms with Gasteiger partial charge in [0, 0.05) is 5.57 Å². The molecule has 4 nitrogen and oxygen atoms in total. The van der Waals surface area contributed by atoms with E-state index in [-0.39, 0.29) is 17.8 Å². The molecule has 1 aliphatic carbocycles. The standard InChI is InChI=1S/C9H6O4/c10-8(11)4-5-3-7-6(9(5)12)1-2-13-7/h1-3H,4H2,(H,10,11). The van der Waals surface area contributed by atoms with Crippen molar-refractivity contribution in [3.05, 3.63) is 29.2 Å². The highest BCUT2D eigenvalue weighted by Gasteiger charge is 2.25. The maximum Gasteiger partial charge on any atom is 0.307 e. The van der Waals surface area contributed by atoms with E-state index in [1.54, 1.807) is 6.07 Å². The van der Waals surface area contributed by atoms with Crippen molar-refractivity contribution in [3.8, 4) is 0 Å². The molecule has 0 saturated carbocycles. The lowest BCUT2D eigenvalue weighted by Gasteiger charge is -1.93. The van der Waals surface area contributed by atoms with Crippen molar-refractivity contribution in [1.29, 1.82) is 0 Å². The summed E-state index contributed by atoms with van der Waals surface area (Å²) >= 11 is 0. The summed E-state index contributed by atoms with van der Waals surface area (Å²) in [6, 6.07) is 1.54. The molecule has 1 N–H and O–H groups in total. The van der Waals surface area contributed by atoms with Crippen LogP contribution in [0, 0.1) is 0 Å². The Bertz CT molecular complexity index is 411. The van der Waals surface area contributed by atoms with Gasteiger partial charge in [0.25, 0.3) is 0 Å². The van der Waals surface area contributed by atoms with Gasteiger partial charge in [-0.15, -0.1) is 0 Å². The third-order valence-electron chi connectivity index (χ3n) is 1.88. The second-order valence-corrected chi connectivity index (χ2v) is 2.77. The van der Waals surface area contributed by atoms with Crippen molar-refractivity contribution in [1.82, 2.24) is 0 Å². The van der Waals surface area contributed by atoms with Crippen molar-refractivity contribution in [3.63, 3.8) is 0 Å². The maximum absolute atomic E-state index is 11.4. The molecule has 4 heteroatoms. The number of furan rings is 1. The van der Waals surface area contributed by atoms with E-state index in [0.29, 0.717) is 11.3 Å². The number of ketones is 1. The van der Waals surface area contributed by atoms with Crippen LogP contribution in [0.5, 0.6) is 0 Å². The van der Waals surface area contributed by atoms with Crippen LogP contribution in [0.4, 0.5) is 0 Å². The van der Waals surface area contributed by atoms with Gasteiger partial charge in [0.2, 0.25) is 0 Å². The summed E-state index contributed by atoms with van der Waals surface area (Å²) in [5, 5.41) is 8.48. The molecule has 1 aromatic heterocycles. The monoisotopic (exact) mass is 178 g/mol. The lowest BCUT2D eigenvalue weighted by Crippen LogP contribution is -2.03. The minimum Gasteiger partial charge on any atom is -0.481 e. The molecule has 0 unspecified atom stereocenters. The summed E-state index contributed by atoms with van der Waals surface area (Å²) in [6.07, 6.45) is 2.64. The molecule has 1 aromatic rings. The number of rotatable bonds is 2. The van der Waals surface area contributed by atoms with E-state index in [9.17, 15) is 9.59 Å². The van der Waals surface area contributed by atoms with Gasteiger partial charge < -0.3 is 9.52 Å². The first-order chi connectivity index (χ1) is 6.18. The molecule has 1 heterocycles. The van der Waals surface area contributed by atoms with Gasteiger partial charge in [-0.1, -0.05) is 0 Å². The summed E-state index contributed by atoms with van der Waals surface area (Å²) in [5.74, 6) is -0.794. The first-order valence-corrected chi connectivity index (χ1v) is 3.73. The molecule has 0 saturated heterocycles. The molecule has 1 aliphatic rings. The third-order valence-corrected chi connectivity index (χ3v) is 1.88. The van der Waals surface area contributed by atoms with Crippen LogP contribution in [0.15, 0.2) is 22.3 Å². The quantitative estimate of drug-likeness (QED) is 0.741. The van der Waals surface area contributed by atoms with E-state index in [2.05, 4.69) is 0 Å². The molecular weight excluding hydrogens is 172 g/mol. The zero-order chi connectivity index (χ0) is 9.42. The Morgan fingerprint density at radius 2 is 2.31 bits per heavy atom. The van der Waals surface area contributed by atoms with Gasteiger partial charge in [0.05, 0.1) is 18.2 Å². The predicted octanol–water partition coefficient (Wildman–Crippen LogP) is 1.33. The topological polar surface area (TPSA) is 67.5 Å². The Balaban J connectivity index is 2.33. The Kier molecular flexibility index (Phi) is 1.55. The highest BCUT2D eigenvalue weighted by molar-refractivity contribution is 6.18. The Hall–Kier alpha value is -1.84. The second-order valence-electron chi connectivity index (χ2n) is 2.77. The van der Waals surface area contributed by atoms with E-state index in [4.69, 9.17) is 9.52 Å². The summed E-state index contributed by atoms with van der Waals surface area (Å²) < 4.78 is 4.97. The van der Waals surface area contributed by atoms with Crippen LogP contribution < -0.4 is 0 Å². The van der Waals surface area contributed by atoms with Gasteiger partial charge in [0.1, 0.15) is 5.76 Å². The minimum atomic E-state index is -1.01. The molecule has 0 aliphatic heterocycles. The number of carbonyl (C=O) groups excluding carboxylic acids is 1. The number of hydrogen-bond acceptors (Lipinski definition) is 3. The van der Waals surface area contributed by atoms with Gasteiger partial charge in [-0.25, -0.2) is 0 Å². The fraction of sp³-hybridized carbons (Fsp3) is 0.111.